The van der Waals surface area contributed by atoms with Gasteiger partial charge >= 0.3 is 0 Å². The maximum absolute atomic E-state index is 5.01. The van der Waals surface area contributed by atoms with Crippen LogP contribution in [0.3, 0.4) is 0 Å². The predicted octanol–water partition coefficient (Wildman–Crippen LogP) is 13.6. The van der Waals surface area contributed by atoms with Gasteiger partial charge in [0.25, 0.3) is 0 Å². The summed E-state index contributed by atoms with van der Waals surface area (Å²) in [5.41, 5.74) is 11.0. The molecule has 0 atom stereocenters. The highest BCUT2D eigenvalue weighted by molar-refractivity contribution is 6.22. The van der Waals surface area contributed by atoms with Crippen molar-refractivity contribution in [3.05, 3.63) is 206 Å². The molecule has 9 aromatic carbocycles. The van der Waals surface area contributed by atoms with Gasteiger partial charge in [0.05, 0.1) is 11.0 Å². The summed E-state index contributed by atoms with van der Waals surface area (Å²) < 4.78 is 2.40. The monoisotopic (exact) mass is 726 g/mol. The zero-order chi connectivity index (χ0) is 37.7. The Balaban J connectivity index is 1.13. The van der Waals surface area contributed by atoms with Crippen LogP contribution in [0, 0.1) is 0 Å². The van der Waals surface area contributed by atoms with Crippen molar-refractivity contribution in [3.8, 4) is 62.1 Å². The summed E-state index contributed by atoms with van der Waals surface area (Å²) in [4.78, 5) is 14.9. The van der Waals surface area contributed by atoms with Crippen molar-refractivity contribution in [2.45, 2.75) is 0 Å². The van der Waals surface area contributed by atoms with E-state index in [1.807, 2.05) is 60.7 Å². The first-order valence-electron chi connectivity index (χ1n) is 19.3. The largest absolute Gasteiger partial charge is 0.309 e. The lowest BCUT2D eigenvalue weighted by molar-refractivity contribution is 1.07. The Morgan fingerprint density at radius 3 is 1.21 bits per heavy atom. The molecule has 0 aliphatic rings. The van der Waals surface area contributed by atoms with E-state index in [2.05, 4.69) is 150 Å². The fraction of sp³-hybridized carbons (Fsp3) is 0. The van der Waals surface area contributed by atoms with Crippen LogP contribution in [-0.2, 0) is 0 Å². The lowest BCUT2D eigenvalue weighted by atomic mass is 9.84. The third-order valence-corrected chi connectivity index (χ3v) is 11.0. The van der Waals surface area contributed by atoms with E-state index in [1.165, 1.54) is 60.0 Å². The van der Waals surface area contributed by atoms with Gasteiger partial charge < -0.3 is 4.57 Å². The highest BCUT2D eigenvalue weighted by Crippen LogP contribution is 2.46. The SMILES string of the molecule is c1ccc(-c2nc(-c3ccccc3)nc(-c3ccc(-c4c(-c5ccc6c7ccccc7n(-c7ccccc7)c6c5)c5ccccc5c5ccccc45)cc3)n2)cc1. The molecule has 4 nitrogen and oxygen atoms in total. The summed E-state index contributed by atoms with van der Waals surface area (Å²) in [5, 5.41) is 7.37. The third-order valence-electron chi connectivity index (χ3n) is 11.0. The van der Waals surface area contributed by atoms with Gasteiger partial charge in [0.15, 0.2) is 17.5 Å². The van der Waals surface area contributed by atoms with E-state index in [0.29, 0.717) is 17.5 Å². The number of aromatic nitrogens is 4. The minimum atomic E-state index is 0.636. The molecule has 0 unspecified atom stereocenters. The van der Waals surface area contributed by atoms with Crippen molar-refractivity contribution in [1.82, 2.24) is 19.5 Å². The van der Waals surface area contributed by atoms with E-state index in [4.69, 9.17) is 15.0 Å². The molecular weight excluding hydrogens is 693 g/mol. The van der Waals surface area contributed by atoms with E-state index >= 15 is 0 Å². The standard InChI is InChI=1S/C53H34N4/c1-4-16-36(17-5-1)51-54-52(37-18-6-2-7-19-37)56-53(55-51)38-30-28-35(29-31-38)49-45-25-12-10-22-41(45)42-23-11-13-26-46(42)50(49)39-32-33-44-43-24-14-15-27-47(43)57(48(44)34-39)40-20-8-3-9-21-40/h1-34H. The van der Waals surface area contributed by atoms with Gasteiger partial charge in [0, 0.05) is 33.2 Å². The van der Waals surface area contributed by atoms with Crippen molar-refractivity contribution < 1.29 is 0 Å². The quantitative estimate of drug-likeness (QED) is 0.160. The summed E-state index contributed by atoms with van der Waals surface area (Å²) >= 11 is 0. The first kappa shape index (κ1) is 32.7. The van der Waals surface area contributed by atoms with E-state index in [0.717, 1.165) is 27.9 Å². The molecule has 266 valence electrons. The highest BCUT2D eigenvalue weighted by Gasteiger charge is 2.20. The van der Waals surface area contributed by atoms with Gasteiger partial charge in [-0.05, 0) is 68.1 Å². The maximum Gasteiger partial charge on any atom is 0.164 e. The second-order valence-corrected chi connectivity index (χ2v) is 14.4. The van der Waals surface area contributed by atoms with Gasteiger partial charge in [-0.3, -0.25) is 0 Å². The lowest BCUT2D eigenvalue weighted by Gasteiger charge is -2.19. The van der Waals surface area contributed by atoms with Crippen LogP contribution in [0.15, 0.2) is 206 Å². The zero-order valence-corrected chi connectivity index (χ0v) is 30.9. The first-order valence-corrected chi connectivity index (χ1v) is 19.3. The molecule has 57 heavy (non-hydrogen) atoms. The van der Waals surface area contributed by atoms with Crippen molar-refractivity contribution in [3.63, 3.8) is 0 Å². The molecule has 0 aliphatic heterocycles. The van der Waals surface area contributed by atoms with Gasteiger partial charge in [-0.2, -0.15) is 0 Å². The zero-order valence-electron chi connectivity index (χ0n) is 30.9. The number of fused-ring (bicyclic) bond motifs is 6. The molecule has 0 bridgehead atoms. The van der Waals surface area contributed by atoms with Crippen LogP contribution in [0.2, 0.25) is 0 Å². The minimum absolute atomic E-state index is 0.636. The number of rotatable bonds is 6. The van der Waals surface area contributed by atoms with Crippen molar-refractivity contribution >= 4 is 43.4 Å². The second kappa shape index (κ2) is 13.6. The molecule has 11 rings (SSSR count). The number of para-hydroxylation sites is 2. The fourth-order valence-electron chi connectivity index (χ4n) is 8.45. The van der Waals surface area contributed by atoms with Gasteiger partial charge in [-0.15, -0.1) is 0 Å². The van der Waals surface area contributed by atoms with Crippen LogP contribution in [0.4, 0.5) is 0 Å². The van der Waals surface area contributed by atoms with Gasteiger partial charge in [-0.25, -0.2) is 15.0 Å². The molecule has 0 amide bonds. The van der Waals surface area contributed by atoms with E-state index in [9.17, 15) is 0 Å². The summed E-state index contributed by atoms with van der Waals surface area (Å²) in [6.45, 7) is 0. The molecule has 4 heteroatoms. The lowest BCUT2D eigenvalue weighted by Crippen LogP contribution is -2.00. The molecule has 0 N–H and O–H groups in total. The van der Waals surface area contributed by atoms with Gasteiger partial charge in [0.1, 0.15) is 0 Å². The Morgan fingerprint density at radius 1 is 0.263 bits per heavy atom. The number of nitrogens with zero attached hydrogens (tertiary/aromatic N) is 4. The first-order chi connectivity index (χ1) is 28.3. The van der Waals surface area contributed by atoms with Gasteiger partial charge in [-0.1, -0.05) is 182 Å². The smallest absolute Gasteiger partial charge is 0.164 e. The summed E-state index contributed by atoms with van der Waals surface area (Å²) in [6.07, 6.45) is 0. The maximum atomic E-state index is 5.01. The molecule has 0 fully saturated rings. The number of hydrogen-bond acceptors (Lipinski definition) is 3. The molecule has 0 radical (unpaired) electrons. The fourth-order valence-corrected chi connectivity index (χ4v) is 8.45. The number of hydrogen-bond donors (Lipinski definition) is 0. The Bertz CT molecular complexity index is 3200. The Hall–Kier alpha value is -7.69. The Morgan fingerprint density at radius 2 is 0.649 bits per heavy atom. The molecule has 0 saturated carbocycles. The molecule has 0 aliphatic carbocycles. The molecule has 11 aromatic rings. The van der Waals surface area contributed by atoms with Crippen LogP contribution in [0.1, 0.15) is 0 Å². The Kier molecular flexibility index (Phi) is 7.78. The van der Waals surface area contributed by atoms with Crippen LogP contribution in [0.25, 0.3) is 105 Å². The average molecular weight is 727 g/mol. The van der Waals surface area contributed by atoms with Crippen LogP contribution in [0.5, 0.6) is 0 Å². The minimum Gasteiger partial charge on any atom is -0.309 e. The molecular formula is C53H34N4. The summed E-state index contributed by atoms with van der Waals surface area (Å²) in [5.74, 6) is 1.93. The van der Waals surface area contributed by atoms with E-state index in [-0.39, 0.29) is 0 Å². The number of benzene rings is 9. The van der Waals surface area contributed by atoms with E-state index < -0.39 is 0 Å². The topological polar surface area (TPSA) is 43.6 Å². The molecule has 0 spiro atoms. The van der Waals surface area contributed by atoms with E-state index in [1.54, 1.807) is 0 Å². The molecule has 2 aromatic heterocycles. The van der Waals surface area contributed by atoms with Crippen molar-refractivity contribution in [2.24, 2.45) is 0 Å². The third kappa shape index (κ3) is 5.58. The van der Waals surface area contributed by atoms with Crippen molar-refractivity contribution in [1.29, 1.82) is 0 Å². The Labute approximate surface area is 330 Å². The molecule has 2 heterocycles. The van der Waals surface area contributed by atoms with Crippen LogP contribution < -0.4 is 0 Å². The predicted molar refractivity (Wildman–Crippen MR) is 236 cm³/mol. The average Bonchev–Trinajstić information content (AvgIpc) is 3.63. The van der Waals surface area contributed by atoms with Crippen LogP contribution >= 0.6 is 0 Å². The highest BCUT2D eigenvalue weighted by atomic mass is 15.0. The molecule has 0 saturated heterocycles. The van der Waals surface area contributed by atoms with Crippen LogP contribution in [-0.4, -0.2) is 19.5 Å². The van der Waals surface area contributed by atoms with Gasteiger partial charge in [0.2, 0.25) is 0 Å². The summed E-state index contributed by atoms with van der Waals surface area (Å²) in [6, 6.07) is 73.0. The van der Waals surface area contributed by atoms with Crippen molar-refractivity contribution in [2.75, 3.05) is 0 Å². The summed E-state index contributed by atoms with van der Waals surface area (Å²) in [7, 11) is 0. The second-order valence-electron chi connectivity index (χ2n) is 14.4. The normalized spacial score (nSPS) is 11.5.